The van der Waals surface area contributed by atoms with Crippen LogP contribution in [0.4, 0.5) is 10.1 Å². The highest BCUT2D eigenvalue weighted by atomic mass is 19.1. The van der Waals surface area contributed by atoms with Gasteiger partial charge in [0.15, 0.2) is 0 Å². The van der Waals surface area contributed by atoms with E-state index in [1.807, 2.05) is 30.3 Å². The Kier molecular flexibility index (Phi) is 6.64. The predicted octanol–water partition coefficient (Wildman–Crippen LogP) is 4.94. The monoisotopic (exact) mass is 470 g/mol. The molecule has 0 unspecified atom stereocenters. The van der Waals surface area contributed by atoms with Crippen molar-refractivity contribution in [3.05, 3.63) is 101 Å². The first-order chi connectivity index (χ1) is 17.0. The van der Waals surface area contributed by atoms with Crippen molar-refractivity contribution in [2.45, 2.75) is 26.3 Å². The van der Waals surface area contributed by atoms with Gasteiger partial charge in [0.1, 0.15) is 5.82 Å². The van der Waals surface area contributed by atoms with E-state index in [9.17, 15) is 9.18 Å². The molecule has 0 spiro atoms. The Hall–Kier alpha value is -3.51. The molecule has 6 heteroatoms. The van der Waals surface area contributed by atoms with Gasteiger partial charge in [-0.25, -0.2) is 9.40 Å². The SMILES string of the molecule is Cc1ccc(C2=NN(C(=O)CN3CCN(c4ccccc4F)CC3)[C@@H](c3ccccc3)C2)c(C)c1. The summed E-state index contributed by atoms with van der Waals surface area (Å²) in [6.45, 7) is 7.28. The number of benzene rings is 3. The van der Waals surface area contributed by atoms with Gasteiger partial charge in [0, 0.05) is 38.2 Å². The maximum absolute atomic E-state index is 14.2. The van der Waals surface area contributed by atoms with Crippen LogP contribution in [0.25, 0.3) is 0 Å². The fraction of sp³-hybridized carbons (Fsp3) is 0.310. The van der Waals surface area contributed by atoms with Gasteiger partial charge in [-0.15, -0.1) is 0 Å². The molecular formula is C29H31FN4O. The van der Waals surface area contributed by atoms with E-state index < -0.39 is 0 Å². The lowest BCUT2D eigenvalue weighted by Gasteiger charge is -2.36. The summed E-state index contributed by atoms with van der Waals surface area (Å²) in [6.07, 6.45) is 0.695. The molecule has 35 heavy (non-hydrogen) atoms. The predicted molar refractivity (Wildman–Crippen MR) is 138 cm³/mol. The van der Waals surface area contributed by atoms with Gasteiger partial charge in [-0.2, -0.15) is 5.10 Å². The van der Waals surface area contributed by atoms with E-state index in [4.69, 9.17) is 5.10 Å². The molecule has 1 fully saturated rings. The van der Waals surface area contributed by atoms with E-state index in [1.165, 1.54) is 17.2 Å². The largest absolute Gasteiger partial charge is 0.367 e. The van der Waals surface area contributed by atoms with Gasteiger partial charge >= 0.3 is 0 Å². The first kappa shape index (κ1) is 23.2. The summed E-state index contributed by atoms with van der Waals surface area (Å²) in [5.74, 6) is -0.203. The molecule has 2 aliphatic rings. The molecule has 3 aromatic rings. The van der Waals surface area contributed by atoms with Gasteiger partial charge in [-0.05, 0) is 37.1 Å². The van der Waals surface area contributed by atoms with Crippen LogP contribution in [-0.2, 0) is 4.79 Å². The van der Waals surface area contributed by atoms with Crippen LogP contribution in [0.5, 0.6) is 0 Å². The van der Waals surface area contributed by atoms with Crippen molar-refractivity contribution in [1.29, 1.82) is 0 Å². The van der Waals surface area contributed by atoms with Crippen molar-refractivity contribution in [1.82, 2.24) is 9.91 Å². The molecule has 3 aromatic carbocycles. The Labute approximate surface area is 206 Å². The molecule has 5 rings (SSSR count). The topological polar surface area (TPSA) is 39.2 Å². The zero-order valence-corrected chi connectivity index (χ0v) is 20.3. The van der Waals surface area contributed by atoms with Crippen LogP contribution in [0.1, 0.15) is 34.7 Å². The quantitative estimate of drug-likeness (QED) is 0.530. The number of aryl methyl sites for hydroxylation is 2. The highest BCUT2D eigenvalue weighted by molar-refractivity contribution is 6.04. The van der Waals surface area contributed by atoms with Gasteiger partial charge in [-0.1, -0.05) is 66.2 Å². The molecule has 5 nitrogen and oxygen atoms in total. The Morgan fingerprint density at radius 2 is 1.66 bits per heavy atom. The molecule has 0 N–H and O–H groups in total. The van der Waals surface area contributed by atoms with E-state index in [2.05, 4.69) is 54.0 Å². The lowest BCUT2D eigenvalue weighted by molar-refractivity contribution is -0.134. The maximum Gasteiger partial charge on any atom is 0.257 e. The molecule has 0 radical (unpaired) electrons. The summed E-state index contributed by atoms with van der Waals surface area (Å²) in [5.41, 5.74) is 6.17. The van der Waals surface area contributed by atoms with Crippen LogP contribution in [0.15, 0.2) is 77.9 Å². The summed E-state index contributed by atoms with van der Waals surface area (Å²) >= 11 is 0. The first-order valence-corrected chi connectivity index (χ1v) is 12.2. The second kappa shape index (κ2) is 10.0. The number of carbonyl (C=O) groups is 1. The van der Waals surface area contributed by atoms with Crippen molar-refractivity contribution in [3.8, 4) is 0 Å². The van der Waals surface area contributed by atoms with Crippen LogP contribution >= 0.6 is 0 Å². The van der Waals surface area contributed by atoms with E-state index in [0.29, 0.717) is 44.8 Å². The Morgan fingerprint density at radius 1 is 0.943 bits per heavy atom. The normalized spacial score (nSPS) is 18.6. The summed E-state index contributed by atoms with van der Waals surface area (Å²) in [7, 11) is 0. The molecule has 1 saturated heterocycles. The van der Waals surface area contributed by atoms with Crippen LogP contribution in [0.2, 0.25) is 0 Å². The highest BCUT2D eigenvalue weighted by Gasteiger charge is 2.34. The van der Waals surface area contributed by atoms with Crippen LogP contribution in [0, 0.1) is 19.7 Å². The zero-order valence-electron chi connectivity index (χ0n) is 20.3. The number of piperazine rings is 1. The summed E-state index contributed by atoms with van der Waals surface area (Å²) < 4.78 is 14.2. The number of hydrogen-bond acceptors (Lipinski definition) is 4. The molecule has 2 aliphatic heterocycles. The van der Waals surface area contributed by atoms with Gasteiger partial charge in [0.2, 0.25) is 0 Å². The standard InChI is InChI=1S/C29H31FN4O/c1-21-12-13-24(22(2)18-21)26-19-28(23-8-4-3-5-9-23)34(31-26)29(35)20-32-14-16-33(17-15-32)27-11-7-6-10-25(27)30/h3-13,18,28H,14-17,19-20H2,1-2H3/t28-/m1/s1. The van der Waals surface area contributed by atoms with Crippen LogP contribution in [-0.4, -0.2) is 54.3 Å². The molecule has 2 heterocycles. The van der Waals surface area contributed by atoms with Crippen molar-refractivity contribution in [2.24, 2.45) is 5.10 Å². The third kappa shape index (κ3) is 4.98. The smallest absolute Gasteiger partial charge is 0.257 e. The number of hydrogen-bond donors (Lipinski definition) is 0. The minimum absolute atomic E-state index is 0.00189. The van der Waals surface area contributed by atoms with Crippen LogP contribution in [0.3, 0.4) is 0 Å². The molecule has 180 valence electrons. The highest BCUT2D eigenvalue weighted by Crippen LogP contribution is 2.33. The van der Waals surface area contributed by atoms with E-state index in [-0.39, 0.29) is 17.8 Å². The van der Waals surface area contributed by atoms with E-state index in [0.717, 1.165) is 16.8 Å². The van der Waals surface area contributed by atoms with Gasteiger partial charge in [0.25, 0.3) is 5.91 Å². The minimum Gasteiger partial charge on any atom is -0.367 e. The van der Waals surface area contributed by atoms with Crippen LogP contribution < -0.4 is 4.90 Å². The molecular weight excluding hydrogens is 439 g/mol. The Morgan fingerprint density at radius 3 is 2.37 bits per heavy atom. The Balaban J connectivity index is 1.32. The number of halogens is 1. The number of nitrogens with zero attached hydrogens (tertiary/aromatic N) is 4. The zero-order chi connectivity index (χ0) is 24.4. The number of hydrazone groups is 1. The number of rotatable bonds is 5. The summed E-state index contributed by atoms with van der Waals surface area (Å²) in [5, 5.41) is 6.55. The van der Waals surface area contributed by atoms with Gasteiger partial charge in [0.05, 0.1) is 24.0 Å². The second-order valence-corrected chi connectivity index (χ2v) is 9.45. The van der Waals surface area contributed by atoms with Crippen molar-refractivity contribution < 1.29 is 9.18 Å². The number of para-hydroxylation sites is 1. The van der Waals surface area contributed by atoms with Gasteiger partial charge < -0.3 is 4.90 Å². The second-order valence-electron chi connectivity index (χ2n) is 9.45. The lowest BCUT2D eigenvalue weighted by atomic mass is 9.95. The first-order valence-electron chi connectivity index (χ1n) is 12.2. The number of anilines is 1. The maximum atomic E-state index is 14.2. The average molecular weight is 471 g/mol. The number of amides is 1. The summed E-state index contributed by atoms with van der Waals surface area (Å²) in [6, 6.07) is 23.3. The fourth-order valence-electron chi connectivity index (χ4n) is 5.09. The van der Waals surface area contributed by atoms with Crippen molar-refractivity contribution in [2.75, 3.05) is 37.6 Å². The Bertz CT molecular complexity index is 1230. The number of carbonyl (C=O) groups excluding carboxylic acids is 1. The summed E-state index contributed by atoms with van der Waals surface area (Å²) in [4.78, 5) is 17.7. The lowest BCUT2D eigenvalue weighted by Crippen LogP contribution is -2.49. The minimum atomic E-state index is -0.201. The van der Waals surface area contributed by atoms with E-state index >= 15 is 0 Å². The fourth-order valence-corrected chi connectivity index (χ4v) is 5.09. The average Bonchev–Trinajstić information content (AvgIpc) is 3.31. The van der Waals surface area contributed by atoms with Crippen molar-refractivity contribution >= 4 is 17.3 Å². The molecule has 0 aliphatic carbocycles. The third-order valence-electron chi connectivity index (χ3n) is 6.97. The molecule has 1 atom stereocenters. The molecule has 0 bridgehead atoms. The molecule has 0 saturated carbocycles. The third-order valence-corrected chi connectivity index (χ3v) is 6.97. The van der Waals surface area contributed by atoms with Crippen molar-refractivity contribution in [3.63, 3.8) is 0 Å². The molecule has 1 amide bonds. The van der Waals surface area contributed by atoms with E-state index in [1.54, 1.807) is 11.1 Å². The molecule has 0 aromatic heterocycles. The van der Waals surface area contributed by atoms with Gasteiger partial charge in [-0.3, -0.25) is 9.69 Å².